The second kappa shape index (κ2) is 7.74. The van der Waals surface area contributed by atoms with Gasteiger partial charge in [-0.25, -0.2) is 0 Å². The molecular weight excluding hydrogens is 316 g/mol. The van der Waals surface area contributed by atoms with Crippen LogP contribution in [0.15, 0.2) is 59.2 Å². The molecule has 0 amide bonds. The molecule has 2 nitrogen and oxygen atoms in total. The van der Waals surface area contributed by atoms with Gasteiger partial charge in [-0.2, -0.15) is 0 Å². The Morgan fingerprint density at radius 3 is 2.38 bits per heavy atom. The standard InChI is InChI=1S/C24H28N2/c1-17-14-18(2)24(19(3)15-17)25-13-12-20-8-6-7-9-23(20)21-10-11-22(16-21)26(4)5/h6-9,11,13-16H,10,12H2,1-5H3. The summed E-state index contributed by atoms with van der Waals surface area (Å²) in [5.74, 6) is 0. The first kappa shape index (κ1) is 18.2. The molecule has 0 aliphatic heterocycles. The summed E-state index contributed by atoms with van der Waals surface area (Å²) in [5, 5.41) is 0. The van der Waals surface area contributed by atoms with Gasteiger partial charge < -0.3 is 4.90 Å². The second-order valence-electron chi connectivity index (χ2n) is 7.32. The summed E-state index contributed by atoms with van der Waals surface area (Å²) in [6, 6.07) is 13.1. The summed E-state index contributed by atoms with van der Waals surface area (Å²) >= 11 is 0. The average molecular weight is 345 g/mol. The first-order valence-electron chi connectivity index (χ1n) is 9.22. The number of benzene rings is 2. The molecule has 1 aliphatic rings. The Morgan fingerprint density at radius 2 is 1.73 bits per heavy atom. The minimum atomic E-state index is 0.845. The SMILES string of the molecule is Cc1cc(C)c(N=CCc2ccccc2C2=CC(N(C)C)=CC2)c(C)c1. The highest BCUT2D eigenvalue weighted by atomic mass is 15.1. The van der Waals surface area contributed by atoms with Gasteiger partial charge >= 0.3 is 0 Å². The number of allylic oxidation sites excluding steroid dienone is 3. The first-order valence-corrected chi connectivity index (χ1v) is 9.22. The lowest BCUT2D eigenvalue weighted by molar-refractivity contribution is 0.531. The van der Waals surface area contributed by atoms with Crippen molar-refractivity contribution in [1.82, 2.24) is 4.90 Å². The summed E-state index contributed by atoms with van der Waals surface area (Å²) in [6.07, 6.45) is 8.48. The normalized spacial score (nSPS) is 13.9. The molecule has 0 spiro atoms. The largest absolute Gasteiger partial charge is 0.378 e. The molecule has 2 aromatic carbocycles. The van der Waals surface area contributed by atoms with Crippen LogP contribution in [0.2, 0.25) is 0 Å². The third-order valence-corrected chi connectivity index (χ3v) is 4.90. The highest BCUT2D eigenvalue weighted by Gasteiger charge is 2.12. The topological polar surface area (TPSA) is 15.6 Å². The van der Waals surface area contributed by atoms with Crippen molar-refractivity contribution in [3.8, 4) is 0 Å². The number of nitrogens with zero attached hydrogens (tertiary/aromatic N) is 2. The molecule has 0 saturated carbocycles. The van der Waals surface area contributed by atoms with Gasteiger partial charge in [0.2, 0.25) is 0 Å². The lowest BCUT2D eigenvalue weighted by atomic mass is 9.97. The molecule has 0 N–H and O–H groups in total. The monoisotopic (exact) mass is 344 g/mol. The van der Waals surface area contributed by atoms with E-state index in [1.54, 1.807) is 0 Å². The van der Waals surface area contributed by atoms with Crippen LogP contribution in [0.1, 0.15) is 34.2 Å². The van der Waals surface area contributed by atoms with Gasteiger partial charge in [0.05, 0.1) is 5.69 Å². The third kappa shape index (κ3) is 3.96. The van der Waals surface area contributed by atoms with E-state index >= 15 is 0 Å². The smallest absolute Gasteiger partial charge is 0.0684 e. The second-order valence-corrected chi connectivity index (χ2v) is 7.32. The number of hydrogen-bond donors (Lipinski definition) is 0. The van der Waals surface area contributed by atoms with Crippen molar-refractivity contribution in [2.45, 2.75) is 33.6 Å². The molecule has 0 fully saturated rings. The number of hydrogen-bond acceptors (Lipinski definition) is 2. The van der Waals surface area contributed by atoms with Crippen LogP contribution in [0.4, 0.5) is 5.69 Å². The zero-order chi connectivity index (χ0) is 18.7. The predicted molar refractivity (Wildman–Crippen MR) is 113 cm³/mol. The molecule has 0 aromatic heterocycles. The van der Waals surface area contributed by atoms with Crippen LogP contribution in [0, 0.1) is 20.8 Å². The van der Waals surface area contributed by atoms with E-state index in [0.717, 1.165) is 18.5 Å². The Labute approximate surface area is 157 Å². The maximum atomic E-state index is 4.79. The molecule has 0 bridgehead atoms. The number of aryl methyl sites for hydroxylation is 3. The summed E-state index contributed by atoms with van der Waals surface area (Å²) in [4.78, 5) is 6.95. The summed E-state index contributed by atoms with van der Waals surface area (Å²) in [7, 11) is 4.19. The molecule has 2 heteroatoms. The first-order chi connectivity index (χ1) is 12.5. The van der Waals surface area contributed by atoms with Crippen molar-refractivity contribution in [2.24, 2.45) is 4.99 Å². The molecule has 0 atom stereocenters. The number of likely N-dealkylation sites (N-methyl/N-ethyl adjacent to an activating group) is 1. The maximum absolute atomic E-state index is 4.79. The van der Waals surface area contributed by atoms with E-state index in [2.05, 4.69) is 94.5 Å². The highest BCUT2D eigenvalue weighted by molar-refractivity contribution is 5.77. The number of rotatable bonds is 5. The van der Waals surface area contributed by atoms with E-state index in [-0.39, 0.29) is 0 Å². The molecule has 0 unspecified atom stereocenters. The Bertz CT molecular complexity index is 875. The fraction of sp³-hybridized carbons (Fsp3) is 0.292. The van der Waals surface area contributed by atoms with Gasteiger partial charge in [-0.3, -0.25) is 4.99 Å². The van der Waals surface area contributed by atoms with E-state index in [1.807, 2.05) is 0 Å². The fourth-order valence-electron chi connectivity index (χ4n) is 3.63. The zero-order valence-electron chi connectivity index (χ0n) is 16.5. The van der Waals surface area contributed by atoms with Crippen LogP contribution >= 0.6 is 0 Å². The van der Waals surface area contributed by atoms with Crippen LogP contribution in [0.25, 0.3) is 5.57 Å². The third-order valence-electron chi connectivity index (χ3n) is 4.90. The Hall–Kier alpha value is -2.61. The Kier molecular flexibility index (Phi) is 5.41. The van der Waals surface area contributed by atoms with E-state index in [1.165, 1.54) is 39.1 Å². The lowest BCUT2D eigenvalue weighted by Gasteiger charge is -2.11. The molecule has 1 aliphatic carbocycles. The van der Waals surface area contributed by atoms with Crippen LogP contribution in [-0.2, 0) is 6.42 Å². The van der Waals surface area contributed by atoms with Gasteiger partial charge in [-0.1, -0.05) is 48.0 Å². The summed E-state index contributed by atoms with van der Waals surface area (Å²) in [5.41, 5.74) is 10.2. The predicted octanol–water partition coefficient (Wildman–Crippen LogP) is 5.79. The zero-order valence-corrected chi connectivity index (χ0v) is 16.5. The molecule has 0 saturated heterocycles. The summed E-state index contributed by atoms with van der Waals surface area (Å²) in [6.45, 7) is 6.41. The van der Waals surface area contributed by atoms with Crippen LogP contribution in [0.5, 0.6) is 0 Å². The molecule has 3 rings (SSSR count). The van der Waals surface area contributed by atoms with Crippen LogP contribution < -0.4 is 0 Å². The van der Waals surface area contributed by atoms with E-state index in [9.17, 15) is 0 Å². The molecule has 0 radical (unpaired) electrons. The van der Waals surface area contributed by atoms with Crippen LogP contribution in [0.3, 0.4) is 0 Å². The van der Waals surface area contributed by atoms with Crippen molar-refractivity contribution in [1.29, 1.82) is 0 Å². The van der Waals surface area contributed by atoms with Crippen molar-refractivity contribution < 1.29 is 0 Å². The van der Waals surface area contributed by atoms with Gasteiger partial charge in [0, 0.05) is 32.4 Å². The highest BCUT2D eigenvalue weighted by Crippen LogP contribution is 2.30. The fourth-order valence-corrected chi connectivity index (χ4v) is 3.63. The van der Waals surface area contributed by atoms with Gasteiger partial charge in [-0.05, 0) is 61.1 Å². The minimum absolute atomic E-state index is 0.845. The van der Waals surface area contributed by atoms with E-state index in [0.29, 0.717) is 0 Å². The van der Waals surface area contributed by atoms with Crippen LogP contribution in [-0.4, -0.2) is 25.2 Å². The maximum Gasteiger partial charge on any atom is 0.0684 e. The molecular formula is C24H28N2. The van der Waals surface area contributed by atoms with Crippen molar-refractivity contribution in [3.63, 3.8) is 0 Å². The van der Waals surface area contributed by atoms with Crippen molar-refractivity contribution in [3.05, 3.63) is 82.1 Å². The van der Waals surface area contributed by atoms with Gasteiger partial charge in [0.1, 0.15) is 0 Å². The number of aliphatic imine (C=N–C) groups is 1. The van der Waals surface area contributed by atoms with Gasteiger partial charge in [0.25, 0.3) is 0 Å². The summed E-state index contributed by atoms with van der Waals surface area (Å²) < 4.78 is 0. The van der Waals surface area contributed by atoms with Crippen molar-refractivity contribution in [2.75, 3.05) is 14.1 Å². The quantitative estimate of drug-likeness (QED) is 0.627. The lowest BCUT2D eigenvalue weighted by Crippen LogP contribution is -2.07. The molecule has 0 heterocycles. The Morgan fingerprint density at radius 1 is 1.04 bits per heavy atom. The van der Waals surface area contributed by atoms with Crippen molar-refractivity contribution >= 4 is 17.5 Å². The van der Waals surface area contributed by atoms with E-state index in [4.69, 9.17) is 4.99 Å². The molecule has 26 heavy (non-hydrogen) atoms. The Balaban J connectivity index is 1.81. The average Bonchev–Trinajstić information content (AvgIpc) is 3.08. The molecule has 134 valence electrons. The molecule has 2 aromatic rings. The van der Waals surface area contributed by atoms with Gasteiger partial charge in [0.15, 0.2) is 0 Å². The minimum Gasteiger partial charge on any atom is -0.378 e. The van der Waals surface area contributed by atoms with E-state index < -0.39 is 0 Å². The van der Waals surface area contributed by atoms with Gasteiger partial charge in [-0.15, -0.1) is 0 Å².